The number of carbonyl (C=O) groups excluding carboxylic acids is 3. The van der Waals surface area contributed by atoms with E-state index in [9.17, 15) is 14.4 Å². The number of allylic oxidation sites excluding steroid dienone is 2. The molecule has 0 saturated heterocycles. The van der Waals surface area contributed by atoms with E-state index < -0.39 is 12.0 Å². The summed E-state index contributed by atoms with van der Waals surface area (Å²) >= 11 is 6.22. The molecular weight excluding hydrogens is 570 g/mol. The molecular formula is C31H28ClN7O4. The van der Waals surface area contributed by atoms with Gasteiger partial charge in [0.05, 0.1) is 24.2 Å². The summed E-state index contributed by atoms with van der Waals surface area (Å²) in [7, 11) is 1.25. The zero-order valence-corrected chi connectivity index (χ0v) is 24.0. The highest BCUT2D eigenvalue weighted by molar-refractivity contribution is 6.30. The first kappa shape index (κ1) is 29.2. The van der Waals surface area contributed by atoms with Gasteiger partial charge < -0.3 is 15.4 Å². The van der Waals surface area contributed by atoms with Crippen LogP contribution < -0.4 is 16.0 Å². The number of rotatable bonds is 5. The van der Waals surface area contributed by atoms with Crippen LogP contribution in [-0.2, 0) is 20.7 Å². The van der Waals surface area contributed by atoms with Crippen molar-refractivity contribution in [2.75, 3.05) is 23.1 Å². The summed E-state index contributed by atoms with van der Waals surface area (Å²) in [6.07, 6.45) is 10.3. The van der Waals surface area contributed by atoms with Crippen molar-refractivity contribution in [2.45, 2.75) is 25.7 Å². The standard InChI is InChI=1S/C31H28ClN7O4/c1-43-31(42)34-24-17-25-30(22-9-6-8-20(15-22)7-4-2-3-5-10-28(40)35-25)26(18-24)36-29(41)14-11-21-16-23(32)12-13-27(21)39-19-33-37-38-39/h2-3,6,8-9,11-19H,4-5,7,10H2,1H3,(H,34,42)(H,35,40)(H,36,41). The number of amides is 3. The highest BCUT2D eigenvalue weighted by atomic mass is 35.5. The third-order valence-corrected chi connectivity index (χ3v) is 6.86. The number of tetrazole rings is 1. The van der Waals surface area contributed by atoms with Crippen LogP contribution in [0.5, 0.6) is 0 Å². The first-order valence-electron chi connectivity index (χ1n) is 13.5. The summed E-state index contributed by atoms with van der Waals surface area (Å²) in [5, 5.41) is 20.3. The molecule has 12 heteroatoms. The van der Waals surface area contributed by atoms with Crippen LogP contribution in [0.15, 0.2) is 79.2 Å². The van der Waals surface area contributed by atoms with Crippen molar-refractivity contribution < 1.29 is 19.1 Å². The second kappa shape index (κ2) is 13.6. The molecule has 11 nitrogen and oxygen atoms in total. The SMILES string of the molecule is COC(=O)Nc1cc(NC(=O)C=Cc2cc(Cl)ccc2-n2cnnn2)c2c(c1)NC(=O)CCC=CCCc1cccc-2c1. The lowest BCUT2D eigenvalue weighted by molar-refractivity contribution is -0.116. The number of aryl methyl sites for hydroxylation is 1. The average molecular weight is 598 g/mol. The van der Waals surface area contributed by atoms with Gasteiger partial charge in [0.15, 0.2) is 0 Å². The van der Waals surface area contributed by atoms with Gasteiger partial charge in [0.25, 0.3) is 0 Å². The highest BCUT2D eigenvalue weighted by Gasteiger charge is 2.18. The fourth-order valence-corrected chi connectivity index (χ4v) is 4.85. The third-order valence-electron chi connectivity index (χ3n) is 6.62. The minimum atomic E-state index is -0.698. The Morgan fingerprint density at radius 3 is 2.67 bits per heavy atom. The lowest BCUT2D eigenvalue weighted by atomic mass is 9.97. The molecule has 3 amide bonds. The highest BCUT2D eigenvalue weighted by Crippen LogP contribution is 2.39. The molecule has 43 heavy (non-hydrogen) atoms. The molecule has 0 unspecified atom stereocenters. The summed E-state index contributed by atoms with van der Waals surface area (Å²) in [6.45, 7) is 0. The normalized spacial score (nSPS) is 13.2. The van der Waals surface area contributed by atoms with Gasteiger partial charge in [-0.3, -0.25) is 14.9 Å². The van der Waals surface area contributed by atoms with Crippen LogP contribution in [0.1, 0.15) is 30.4 Å². The molecule has 1 aromatic heterocycles. The van der Waals surface area contributed by atoms with Crippen molar-refractivity contribution >= 4 is 52.6 Å². The molecule has 0 spiro atoms. The van der Waals surface area contributed by atoms with Crippen LogP contribution in [0.2, 0.25) is 5.02 Å². The van der Waals surface area contributed by atoms with Gasteiger partial charge in [-0.2, -0.15) is 4.68 Å². The number of fused-ring (bicyclic) bond motifs is 4. The Kier molecular flexibility index (Phi) is 9.23. The van der Waals surface area contributed by atoms with E-state index in [1.54, 1.807) is 36.4 Å². The van der Waals surface area contributed by atoms with Gasteiger partial charge in [0.1, 0.15) is 6.33 Å². The predicted molar refractivity (Wildman–Crippen MR) is 165 cm³/mol. The maximum absolute atomic E-state index is 13.4. The van der Waals surface area contributed by atoms with E-state index in [1.807, 2.05) is 30.3 Å². The van der Waals surface area contributed by atoms with Crippen LogP contribution in [0, 0.1) is 0 Å². The van der Waals surface area contributed by atoms with E-state index in [0.29, 0.717) is 45.3 Å². The Bertz CT molecular complexity index is 1720. The number of halogens is 1. The molecule has 5 rings (SSSR count). The maximum atomic E-state index is 13.4. The van der Waals surface area contributed by atoms with Crippen molar-refractivity contribution in [1.82, 2.24) is 20.2 Å². The van der Waals surface area contributed by atoms with Gasteiger partial charge in [-0.15, -0.1) is 5.10 Å². The summed E-state index contributed by atoms with van der Waals surface area (Å²) in [5.41, 5.74) is 4.83. The quantitative estimate of drug-likeness (QED) is 0.188. The average Bonchev–Trinajstić information content (AvgIpc) is 3.52. The van der Waals surface area contributed by atoms with Crippen LogP contribution in [-0.4, -0.2) is 45.2 Å². The fourth-order valence-electron chi connectivity index (χ4n) is 4.67. The van der Waals surface area contributed by atoms with E-state index in [2.05, 4.69) is 37.6 Å². The maximum Gasteiger partial charge on any atom is 0.411 e. The number of anilines is 3. The molecule has 0 fully saturated rings. The lowest BCUT2D eigenvalue weighted by Crippen LogP contribution is -2.16. The number of aromatic nitrogens is 4. The van der Waals surface area contributed by atoms with E-state index in [-0.39, 0.29) is 12.3 Å². The zero-order chi connectivity index (χ0) is 30.2. The number of nitrogens with one attached hydrogen (secondary N) is 3. The van der Waals surface area contributed by atoms with Crippen LogP contribution in [0.25, 0.3) is 22.9 Å². The molecule has 0 saturated carbocycles. The van der Waals surface area contributed by atoms with Gasteiger partial charge in [-0.25, -0.2) is 4.79 Å². The van der Waals surface area contributed by atoms with Gasteiger partial charge in [0, 0.05) is 34.3 Å². The molecule has 2 heterocycles. The minimum Gasteiger partial charge on any atom is -0.453 e. The Morgan fingerprint density at radius 1 is 1.05 bits per heavy atom. The predicted octanol–water partition coefficient (Wildman–Crippen LogP) is 6.03. The summed E-state index contributed by atoms with van der Waals surface area (Å²) < 4.78 is 6.23. The molecule has 218 valence electrons. The fraction of sp³-hybridized carbons (Fsp3) is 0.161. The Labute approximate surface area is 252 Å². The molecule has 1 aliphatic rings. The first-order chi connectivity index (χ1) is 20.9. The van der Waals surface area contributed by atoms with Crippen LogP contribution in [0.3, 0.4) is 0 Å². The molecule has 3 aromatic carbocycles. The molecule has 2 bridgehead atoms. The smallest absolute Gasteiger partial charge is 0.411 e. The minimum absolute atomic E-state index is 0.204. The van der Waals surface area contributed by atoms with Crippen molar-refractivity contribution in [3.63, 3.8) is 0 Å². The van der Waals surface area contributed by atoms with E-state index in [1.165, 1.54) is 24.2 Å². The number of nitrogens with zero attached hydrogens (tertiary/aromatic N) is 4. The van der Waals surface area contributed by atoms with E-state index in [0.717, 1.165) is 24.0 Å². The Balaban J connectivity index is 1.56. The number of hydrogen-bond donors (Lipinski definition) is 3. The largest absolute Gasteiger partial charge is 0.453 e. The monoisotopic (exact) mass is 597 g/mol. The molecule has 0 atom stereocenters. The zero-order valence-electron chi connectivity index (χ0n) is 23.2. The van der Waals surface area contributed by atoms with Gasteiger partial charge in [-0.1, -0.05) is 48.0 Å². The molecule has 0 aliphatic carbocycles. The van der Waals surface area contributed by atoms with Crippen molar-refractivity contribution in [3.8, 4) is 16.8 Å². The molecule has 4 aromatic rings. The number of ether oxygens (including phenoxy) is 1. The summed E-state index contributed by atoms with van der Waals surface area (Å²) in [4.78, 5) is 38.4. The second-order valence-electron chi connectivity index (χ2n) is 9.64. The lowest BCUT2D eigenvalue weighted by Gasteiger charge is -2.19. The van der Waals surface area contributed by atoms with Gasteiger partial charge in [0.2, 0.25) is 11.8 Å². The third kappa shape index (κ3) is 7.52. The Morgan fingerprint density at radius 2 is 1.88 bits per heavy atom. The van der Waals surface area contributed by atoms with Crippen molar-refractivity contribution in [2.24, 2.45) is 0 Å². The van der Waals surface area contributed by atoms with Gasteiger partial charge >= 0.3 is 6.09 Å². The molecule has 0 radical (unpaired) electrons. The molecule has 3 N–H and O–H groups in total. The Hall–Kier alpha value is -5.29. The van der Waals surface area contributed by atoms with Gasteiger partial charge in [-0.05, 0) is 77.2 Å². The van der Waals surface area contributed by atoms with E-state index in [4.69, 9.17) is 16.3 Å². The van der Waals surface area contributed by atoms with Crippen molar-refractivity contribution in [1.29, 1.82) is 0 Å². The second-order valence-corrected chi connectivity index (χ2v) is 10.1. The van der Waals surface area contributed by atoms with Crippen LogP contribution >= 0.6 is 11.6 Å². The molecule has 1 aliphatic heterocycles. The van der Waals surface area contributed by atoms with E-state index >= 15 is 0 Å². The number of methoxy groups -OCH3 is 1. The van der Waals surface area contributed by atoms with Crippen molar-refractivity contribution in [3.05, 3.63) is 95.3 Å². The first-order valence-corrected chi connectivity index (χ1v) is 13.9. The number of benzene rings is 3. The summed E-state index contributed by atoms with van der Waals surface area (Å²) in [6, 6.07) is 16.3. The number of carbonyl (C=O) groups is 3. The number of hydrogen-bond acceptors (Lipinski definition) is 7. The van der Waals surface area contributed by atoms with Crippen LogP contribution in [0.4, 0.5) is 21.9 Å². The summed E-state index contributed by atoms with van der Waals surface area (Å²) in [5.74, 6) is -0.667. The topological polar surface area (TPSA) is 140 Å².